The van der Waals surface area contributed by atoms with E-state index in [1.54, 1.807) is 24.5 Å². The van der Waals surface area contributed by atoms with Crippen LogP contribution in [0.25, 0.3) is 11.1 Å². The number of thiazole rings is 1. The summed E-state index contributed by atoms with van der Waals surface area (Å²) in [6, 6.07) is 9.49. The number of benzene rings is 1. The standard InChI is InChI=1S/C24H28N4O3S2/c1-4-24(5-2,21-15-32-23(26-21)28-33(30,31)20-10-11-20)27-22(29)18-8-6-17(7-9-18)19-12-16(3)13-25-14-19/h6-9,12-15,20H,4-5,10-11H2,1-3H3,(H,26,28)(H,27,29). The van der Waals surface area contributed by atoms with Gasteiger partial charge in [0.15, 0.2) is 5.13 Å². The maximum atomic E-state index is 13.1. The van der Waals surface area contributed by atoms with E-state index in [1.807, 2.05) is 38.3 Å². The van der Waals surface area contributed by atoms with Crippen LogP contribution in [0.3, 0.4) is 0 Å². The zero-order valence-electron chi connectivity index (χ0n) is 19.0. The highest BCUT2D eigenvalue weighted by Gasteiger charge is 2.37. The Morgan fingerprint density at radius 3 is 2.42 bits per heavy atom. The summed E-state index contributed by atoms with van der Waals surface area (Å²) in [5, 5.41) is 5.01. The summed E-state index contributed by atoms with van der Waals surface area (Å²) in [5.74, 6) is -0.194. The van der Waals surface area contributed by atoms with Gasteiger partial charge in [0.2, 0.25) is 10.0 Å². The van der Waals surface area contributed by atoms with E-state index in [-0.39, 0.29) is 11.2 Å². The number of pyridine rings is 1. The first kappa shape index (κ1) is 23.4. The van der Waals surface area contributed by atoms with E-state index in [0.717, 1.165) is 16.7 Å². The second kappa shape index (κ2) is 9.23. The minimum Gasteiger partial charge on any atom is -0.341 e. The molecule has 0 aliphatic heterocycles. The Labute approximate surface area is 198 Å². The third-order valence-electron chi connectivity index (χ3n) is 6.10. The van der Waals surface area contributed by atoms with Crippen molar-refractivity contribution in [3.63, 3.8) is 0 Å². The van der Waals surface area contributed by atoms with Gasteiger partial charge in [0.1, 0.15) is 0 Å². The van der Waals surface area contributed by atoms with Gasteiger partial charge in [0, 0.05) is 28.9 Å². The summed E-state index contributed by atoms with van der Waals surface area (Å²) in [4.78, 5) is 21.9. The third kappa shape index (κ3) is 5.09. The fourth-order valence-corrected chi connectivity index (χ4v) is 6.20. The minimum atomic E-state index is -3.38. The summed E-state index contributed by atoms with van der Waals surface area (Å²) >= 11 is 1.24. The van der Waals surface area contributed by atoms with E-state index in [4.69, 9.17) is 0 Å². The molecule has 3 aromatic rings. The van der Waals surface area contributed by atoms with Crippen LogP contribution in [0.1, 0.15) is 61.1 Å². The van der Waals surface area contributed by atoms with Crippen molar-refractivity contribution in [1.29, 1.82) is 0 Å². The first-order chi connectivity index (χ1) is 15.8. The largest absolute Gasteiger partial charge is 0.341 e. The monoisotopic (exact) mass is 484 g/mol. The number of rotatable bonds is 9. The van der Waals surface area contributed by atoms with Gasteiger partial charge in [-0.25, -0.2) is 13.4 Å². The molecule has 0 unspecified atom stereocenters. The van der Waals surface area contributed by atoms with E-state index >= 15 is 0 Å². The molecular formula is C24H28N4O3S2. The number of aryl methyl sites for hydroxylation is 1. The highest BCUT2D eigenvalue weighted by Crippen LogP contribution is 2.34. The van der Waals surface area contributed by atoms with Crippen LogP contribution in [0.2, 0.25) is 0 Å². The molecule has 0 spiro atoms. The molecule has 7 nitrogen and oxygen atoms in total. The molecule has 1 saturated carbocycles. The van der Waals surface area contributed by atoms with Gasteiger partial charge in [-0.3, -0.25) is 14.5 Å². The second-order valence-electron chi connectivity index (χ2n) is 8.46. The van der Waals surface area contributed by atoms with Crippen LogP contribution in [0.15, 0.2) is 48.1 Å². The van der Waals surface area contributed by atoms with Gasteiger partial charge in [-0.05, 0) is 61.9 Å². The van der Waals surface area contributed by atoms with Crippen LogP contribution in [0, 0.1) is 6.92 Å². The number of carbonyl (C=O) groups excluding carboxylic acids is 1. The summed E-state index contributed by atoms with van der Waals surface area (Å²) < 4.78 is 27.1. The second-order valence-corrected chi connectivity index (χ2v) is 11.3. The van der Waals surface area contributed by atoms with Crippen LogP contribution in [0.5, 0.6) is 0 Å². The van der Waals surface area contributed by atoms with Gasteiger partial charge < -0.3 is 5.32 Å². The molecule has 1 fully saturated rings. The topological polar surface area (TPSA) is 101 Å². The number of sulfonamides is 1. The van der Waals surface area contributed by atoms with E-state index in [0.29, 0.717) is 42.1 Å². The molecule has 1 amide bonds. The van der Waals surface area contributed by atoms with Crippen molar-refractivity contribution < 1.29 is 13.2 Å². The number of hydrogen-bond donors (Lipinski definition) is 2. The van der Waals surface area contributed by atoms with Crippen LogP contribution in [-0.2, 0) is 15.6 Å². The number of nitrogens with zero attached hydrogens (tertiary/aromatic N) is 2. The molecule has 0 radical (unpaired) electrons. The Hall–Kier alpha value is -2.78. The lowest BCUT2D eigenvalue weighted by Gasteiger charge is -2.31. The Morgan fingerprint density at radius 1 is 1.12 bits per heavy atom. The van der Waals surface area contributed by atoms with Crippen molar-refractivity contribution in [1.82, 2.24) is 15.3 Å². The van der Waals surface area contributed by atoms with Crippen molar-refractivity contribution in [3.8, 4) is 11.1 Å². The van der Waals surface area contributed by atoms with Crippen molar-refractivity contribution in [3.05, 3.63) is 64.9 Å². The minimum absolute atomic E-state index is 0.194. The first-order valence-electron chi connectivity index (χ1n) is 11.1. The molecule has 9 heteroatoms. The molecule has 0 atom stereocenters. The molecule has 33 heavy (non-hydrogen) atoms. The lowest BCUT2D eigenvalue weighted by molar-refractivity contribution is 0.0887. The van der Waals surface area contributed by atoms with Gasteiger partial charge in [0.25, 0.3) is 5.91 Å². The molecule has 0 bridgehead atoms. The molecule has 0 saturated heterocycles. The van der Waals surface area contributed by atoms with Crippen LogP contribution < -0.4 is 10.0 Å². The molecule has 1 aliphatic rings. The molecule has 2 heterocycles. The number of aromatic nitrogens is 2. The normalized spacial score (nSPS) is 14.2. The maximum absolute atomic E-state index is 13.1. The Morgan fingerprint density at radius 2 is 1.82 bits per heavy atom. The molecule has 174 valence electrons. The predicted octanol–water partition coefficient (Wildman–Crippen LogP) is 4.86. The number of carbonyl (C=O) groups is 1. The smallest absolute Gasteiger partial charge is 0.252 e. The summed E-state index contributed by atoms with van der Waals surface area (Å²) in [6.07, 6.45) is 6.24. The average molecular weight is 485 g/mol. The summed E-state index contributed by atoms with van der Waals surface area (Å²) in [7, 11) is -3.38. The molecule has 1 aromatic carbocycles. The highest BCUT2D eigenvalue weighted by molar-refractivity contribution is 7.93. The average Bonchev–Trinajstić information content (AvgIpc) is 3.58. The Kier molecular flexibility index (Phi) is 6.54. The molecule has 1 aliphatic carbocycles. The van der Waals surface area contributed by atoms with E-state index in [9.17, 15) is 13.2 Å². The Bertz CT molecular complexity index is 1240. The van der Waals surface area contributed by atoms with Crippen molar-refractivity contribution >= 4 is 32.4 Å². The van der Waals surface area contributed by atoms with Gasteiger partial charge >= 0.3 is 0 Å². The summed E-state index contributed by atoms with van der Waals surface area (Å²) in [6.45, 7) is 5.98. The van der Waals surface area contributed by atoms with Gasteiger partial charge in [-0.1, -0.05) is 26.0 Å². The SMILES string of the molecule is CCC(CC)(NC(=O)c1ccc(-c2cncc(C)c2)cc1)c1csc(NS(=O)(=O)C2CC2)n1. The van der Waals surface area contributed by atoms with E-state index < -0.39 is 15.6 Å². The van der Waals surface area contributed by atoms with Gasteiger partial charge in [0.05, 0.1) is 16.5 Å². The lowest BCUT2D eigenvalue weighted by Crippen LogP contribution is -2.45. The van der Waals surface area contributed by atoms with Crippen LogP contribution >= 0.6 is 11.3 Å². The van der Waals surface area contributed by atoms with Crippen LogP contribution in [0.4, 0.5) is 5.13 Å². The lowest BCUT2D eigenvalue weighted by atomic mass is 9.89. The first-order valence-corrected chi connectivity index (χ1v) is 13.5. The van der Waals surface area contributed by atoms with Crippen molar-refractivity contribution in [2.24, 2.45) is 0 Å². The highest BCUT2D eigenvalue weighted by atomic mass is 32.2. The maximum Gasteiger partial charge on any atom is 0.252 e. The predicted molar refractivity (Wildman–Crippen MR) is 132 cm³/mol. The number of hydrogen-bond acceptors (Lipinski definition) is 6. The van der Waals surface area contributed by atoms with Crippen molar-refractivity contribution in [2.45, 2.75) is 57.2 Å². The van der Waals surface area contributed by atoms with Gasteiger partial charge in [-0.2, -0.15) is 0 Å². The van der Waals surface area contributed by atoms with Crippen LogP contribution in [-0.4, -0.2) is 29.5 Å². The van der Waals surface area contributed by atoms with E-state index in [1.165, 1.54) is 11.3 Å². The van der Waals surface area contributed by atoms with E-state index in [2.05, 4.69) is 26.1 Å². The fourth-order valence-electron chi connectivity index (χ4n) is 3.79. The number of anilines is 1. The zero-order chi connectivity index (χ0) is 23.6. The zero-order valence-corrected chi connectivity index (χ0v) is 20.6. The van der Waals surface area contributed by atoms with Crippen molar-refractivity contribution in [2.75, 3.05) is 4.72 Å². The molecule has 4 rings (SSSR count). The molecular weight excluding hydrogens is 456 g/mol. The quantitative estimate of drug-likeness (QED) is 0.452. The number of nitrogens with one attached hydrogen (secondary N) is 2. The summed E-state index contributed by atoms with van der Waals surface area (Å²) in [5.41, 5.74) is 3.61. The van der Waals surface area contributed by atoms with Gasteiger partial charge in [-0.15, -0.1) is 11.3 Å². The number of amides is 1. The third-order valence-corrected chi connectivity index (χ3v) is 8.82. The molecule has 2 aromatic heterocycles. The molecule has 2 N–H and O–H groups in total. The Balaban J connectivity index is 1.52. The fraction of sp³-hybridized carbons (Fsp3) is 0.375.